The number of aryl methyl sites for hydroxylation is 1. The van der Waals surface area contributed by atoms with Gasteiger partial charge in [0.1, 0.15) is 0 Å². The van der Waals surface area contributed by atoms with E-state index >= 15 is 0 Å². The molecule has 0 fully saturated rings. The first-order chi connectivity index (χ1) is 7.18. The highest BCUT2D eigenvalue weighted by atomic mass is 19.1. The summed E-state index contributed by atoms with van der Waals surface area (Å²) in [5.41, 5.74) is -0.0849. The minimum absolute atomic E-state index is 0.0341. The largest absolute Gasteiger partial charge is 0.363 e. The SMILES string of the molecule is Cn1nnn(Cc2cccnc2F)c1=O. The molecular weight excluding hydrogens is 201 g/mol. The highest BCUT2D eigenvalue weighted by Gasteiger charge is 2.07. The van der Waals surface area contributed by atoms with Gasteiger partial charge in [-0.2, -0.15) is 13.8 Å². The van der Waals surface area contributed by atoms with Gasteiger partial charge in [0.25, 0.3) is 0 Å². The molecule has 2 heterocycles. The molecule has 0 N–H and O–H groups in total. The molecule has 0 spiro atoms. The third kappa shape index (κ3) is 1.76. The summed E-state index contributed by atoms with van der Waals surface area (Å²) in [7, 11) is 1.48. The van der Waals surface area contributed by atoms with E-state index in [2.05, 4.69) is 15.4 Å². The first-order valence-electron chi connectivity index (χ1n) is 4.24. The molecule has 0 saturated carbocycles. The molecule has 0 saturated heterocycles. The Morgan fingerprint density at radius 1 is 1.47 bits per heavy atom. The van der Waals surface area contributed by atoms with Gasteiger partial charge in [-0.25, -0.2) is 9.78 Å². The fraction of sp³-hybridized carbons (Fsp3) is 0.250. The van der Waals surface area contributed by atoms with Crippen LogP contribution in [-0.4, -0.2) is 24.8 Å². The number of rotatable bonds is 2. The van der Waals surface area contributed by atoms with Gasteiger partial charge in [0, 0.05) is 18.8 Å². The Kier molecular flexibility index (Phi) is 2.28. The smallest absolute Gasteiger partial charge is 0.244 e. The molecular formula is C8H8FN5O. The Balaban J connectivity index is 2.34. The summed E-state index contributed by atoms with van der Waals surface area (Å²) in [5, 5.41) is 7.09. The highest BCUT2D eigenvalue weighted by molar-refractivity contribution is 5.10. The second-order valence-electron chi connectivity index (χ2n) is 3.00. The molecule has 0 unspecified atom stereocenters. The Morgan fingerprint density at radius 3 is 2.87 bits per heavy atom. The molecule has 0 bridgehead atoms. The Labute approximate surface area is 84.0 Å². The van der Waals surface area contributed by atoms with Crippen LogP contribution in [0.2, 0.25) is 0 Å². The number of halogens is 1. The summed E-state index contributed by atoms with van der Waals surface area (Å²) < 4.78 is 15.3. The topological polar surface area (TPSA) is 65.6 Å². The maximum atomic E-state index is 13.1. The van der Waals surface area contributed by atoms with E-state index in [0.29, 0.717) is 5.56 Å². The maximum absolute atomic E-state index is 13.1. The van der Waals surface area contributed by atoms with Crippen LogP contribution in [0.1, 0.15) is 5.56 Å². The number of hydrogen-bond donors (Lipinski definition) is 0. The summed E-state index contributed by atoms with van der Waals surface area (Å²) in [6.45, 7) is 0.0341. The van der Waals surface area contributed by atoms with Crippen molar-refractivity contribution in [3.8, 4) is 0 Å². The van der Waals surface area contributed by atoms with Crippen LogP contribution in [0, 0.1) is 5.95 Å². The van der Waals surface area contributed by atoms with Gasteiger partial charge >= 0.3 is 5.69 Å². The van der Waals surface area contributed by atoms with Crippen LogP contribution in [0.3, 0.4) is 0 Å². The molecule has 78 valence electrons. The standard InChI is InChI=1S/C8H8FN5O/c1-13-8(15)14(12-11-13)5-6-3-2-4-10-7(6)9/h2-4H,5H2,1H3. The lowest BCUT2D eigenvalue weighted by Gasteiger charge is -1.99. The minimum atomic E-state index is -0.602. The van der Waals surface area contributed by atoms with E-state index in [9.17, 15) is 9.18 Å². The van der Waals surface area contributed by atoms with Crippen molar-refractivity contribution >= 4 is 0 Å². The van der Waals surface area contributed by atoms with Gasteiger partial charge in [-0.15, -0.1) is 0 Å². The Morgan fingerprint density at radius 2 is 2.27 bits per heavy atom. The number of nitrogens with zero attached hydrogens (tertiary/aromatic N) is 5. The first kappa shape index (κ1) is 9.50. The van der Waals surface area contributed by atoms with Gasteiger partial charge in [0.15, 0.2) is 0 Å². The zero-order chi connectivity index (χ0) is 10.8. The molecule has 0 radical (unpaired) electrons. The van der Waals surface area contributed by atoms with Crippen molar-refractivity contribution in [3.05, 3.63) is 40.3 Å². The number of hydrogen-bond acceptors (Lipinski definition) is 4. The van der Waals surface area contributed by atoms with Crippen LogP contribution < -0.4 is 5.69 Å². The molecule has 0 atom stereocenters. The highest BCUT2D eigenvalue weighted by Crippen LogP contribution is 2.03. The fourth-order valence-electron chi connectivity index (χ4n) is 1.15. The third-order valence-electron chi connectivity index (χ3n) is 1.94. The van der Waals surface area contributed by atoms with Gasteiger partial charge in [-0.1, -0.05) is 6.07 Å². The van der Waals surface area contributed by atoms with Crippen molar-refractivity contribution in [1.82, 2.24) is 24.8 Å². The number of tetrazole rings is 1. The second-order valence-corrected chi connectivity index (χ2v) is 3.00. The van der Waals surface area contributed by atoms with Crippen molar-refractivity contribution < 1.29 is 4.39 Å². The van der Waals surface area contributed by atoms with Crippen molar-refractivity contribution in [3.63, 3.8) is 0 Å². The van der Waals surface area contributed by atoms with Gasteiger partial charge < -0.3 is 0 Å². The molecule has 0 amide bonds. The van der Waals surface area contributed by atoms with Crippen LogP contribution >= 0.6 is 0 Å². The predicted octanol–water partition coefficient (Wildman–Crippen LogP) is -0.441. The summed E-state index contributed by atoms with van der Waals surface area (Å²) in [5.74, 6) is -0.602. The van der Waals surface area contributed by atoms with Crippen LogP contribution in [0.5, 0.6) is 0 Å². The van der Waals surface area contributed by atoms with E-state index < -0.39 is 11.6 Å². The van der Waals surface area contributed by atoms with E-state index in [1.165, 1.54) is 13.2 Å². The fourth-order valence-corrected chi connectivity index (χ4v) is 1.15. The molecule has 2 aromatic rings. The van der Waals surface area contributed by atoms with Crippen molar-refractivity contribution in [1.29, 1.82) is 0 Å². The summed E-state index contributed by atoms with van der Waals surface area (Å²) in [6, 6.07) is 3.14. The number of pyridine rings is 1. The van der Waals surface area contributed by atoms with E-state index in [1.807, 2.05) is 0 Å². The van der Waals surface area contributed by atoms with Crippen LogP contribution in [0.25, 0.3) is 0 Å². The van der Waals surface area contributed by atoms with Gasteiger partial charge in [-0.3, -0.25) is 0 Å². The second kappa shape index (κ2) is 3.60. The average molecular weight is 209 g/mol. The minimum Gasteiger partial charge on any atom is -0.244 e. The van der Waals surface area contributed by atoms with Gasteiger partial charge in [0.05, 0.1) is 6.54 Å². The Hall–Kier alpha value is -2.05. The zero-order valence-electron chi connectivity index (χ0n) is 7.96. The predicted molar refractivity (Wildman–Crippen MR) is 48.6 cm³/mol. The van der Waals surface area contributed by atoms with Crippen molar-refractivity contribution in [2.45, 2.75) is 6.54 Å². The third-order valence-corrected chi connectivity index (χ3v) is 1.94. The van der Waals surface area contributed by atoms with E-state index in [1.54, 1.807) is 12.1 Å². The van der Waals surface area contributed by atoms with Crippen molar-refractivity contribution in [2.24, 2.45) is 7.05 Å². The molecule has 2 aromatic heterocycles. The van der Waals surface area contributed by atoms with Gasteiger partial charge in [0.2, 0.25) is 5.95 Å². The monoisotopic (exact) mass is 209 g/mol. The number of aromatic nitrogens is 5. The average Bonchev–Trinajstić information content (AvgIpc) is 2.53. The maximum Gasteiger partial charge on any atom is 0.363 e. The van der Waals surface area contributed by atoms with Crippen LogP contribution in [0.4, 0.5) is 4.39 Å². The van der Waals surface area contributed by atoms with E-state index in [-0.39, 0.29) is 6.54 Å². The van der Waals surface area contributed by atoms with Crippen LogP contribution in [-0.2, 0) is 13.6 Å². The molecule has 0 aliphatic carbocycles. The van der Waals surface area contributed by atoms with Crippen molar-refractivity contribution in [2.75, 3.05) is 0 Å². The molecule has 15 heavy (non-hydrogen) atoms. The van der Waals surface area contributed by atoms with Crippen LogP contribution in [0.15, 0.2) is 23.1 Å². The molecule has 0 aromatic carbocycles. The zero-order valence-corrected chi connectivity index (χ0v) is 7.96. The molecule has 0 aliphatic heterocycles. The lowest BCUT2D eigenvalue weighted by Crippen LogP contribution is -2.24. The molecule has 6 nitrogen and oxygen atoms in total. The summed E-state index contributed by atoms with van der Waals surface area (Å²) in [6.07, 6.45) is 1.35. The molecule has 0 aliphatic rings. The summed E-state index contributed by atoms with van der Waals surface area (Å²) >= 11 is 0. The lowest BCUT2D eigenvalue weighted by molar-refractivity contribution is 0.540. The molecule has 7 heteroatoms. The molecule has 2 rings (SSSR count). The van der Waals surface area contributed by atoms with Gasteiger partial charge in [-0.05, 0) is 16.5 Å². The Bertz CT molecular complexity index is 532. The van der Waals surface area contributed by atoms with E-state index in [0.717, 1.165) is 9.36 Å². The van der Waals surface area contributed by atoms with E-state index in [4.69, 9.17) is 0 Å². The summed E-state index contributed by atoms with van der Waals surface area (Å²) in [4.78, 5) is 14.8. The first-order valence-corrected chi connectivity index (χ1v) is 4.24. The lowest BCUT2D eigenvalue weighted by atomic mass is 10.3. The quantitative estimate of drug-likeness (QED) is 0.629. The normalized spacial score (nSPS) is 10.5.